The van der Waals surface area contributed by atoms with Crippen LogP contribution < -0.4 is 10.6 Å². The zero-order chi connectivity index (χ0) is 14.1. The molecule has 0 aromatic heterocycles. The van der Waals surface area contributed by atoms with Crippen LogP contribution in [0.2, 0.25) is 0 Å². The molecule has 0 saturated heterocycles. The Balaban J connectivity index is 2.13. The molecule has 4 heteroatoms. The Labute approximate surface area is 118 Å². The predicted molar refractivity (Wildman–Crippen MR) is 80.4 cm³/mol. The van der Waals surface area contributed by atoms with Crippen LogP contribution in [-0.2, 0) is 0 Å². The minimum atomic E-state index is 0.00412. The lowest BCUT2D eigenvalue weighted by Crippen LogP contribution is -2.44. The topological polar surface area (TPSA) is 44.4 Å². The van der Waals surface area contributed by atoms with E-state index < -0.39 is 0 Å². The van der Waals surface area contributed by atoms with Gasteiger partial charge in [-0.2, -0.15) is 0 Å². The third-order valence-electron chi connectivity index (χ3n) is 4.28. The summed E-state index contributed by atoms with van der Waals surface area (Å²) in [6.45, 7) is 6.03. The minimum absolute atomic E-state index is 0.00412. The Bertz CT molecular complexity index is 250. The fraction of sp³-hybridized carbons (Fsp3) is 0.933. The van der Waals surface area contributed by atoms with Gasteiger partial charge in [-0.05, 0) is 33.2 Å². The van der Waals surface area contributed by atoms with E-state index in [2.05, 4.69) is 36.4 Å². The molecule has 4 nitrogen and oxygen atoms in total. The summed E-state index contributed by atoms with van der Waals surface area (Å²) < 4.78 is 0. The van der Waals surface area contributed by atoms with E-state index in [-0.39, 0.29) is 6.03 Å². The average molecular weight is 269 g/mol. The van der Waals surface area contributed by atoms with Gasteiger partial charge in [-0.1, -0.05) is 32.6 Å². The smallest absolute Gasteiger partial charge is 0.315 e. The lowest BCUT2D eigenvalue weighted by molar-refractivity contribution is 0.226. The number of likely N-dealkylation sites (N-methyl/N-ethyl adjacent to an activating group) is 1. The molecule has 0 heterocycles. The van der Waals surface area contributed by atoms with E-state index in [0.717, 1.165) is 32.4 Å². The van der Waals surface area contributed by atoms with E-state index >= 15 is 0 Å². The molecule has 1 unspecified atom stereocenters. The summed E-state index contributed by atoms with van der Waals surface area (Å²) in [5, 5.41) is 6.08. The maximum Gasteiger partial charge on any atom is 0.315 e. The van der Waals surface area contributed by atoms with Crippen molar-refractivity contribution in [1.82, 2.24) is 15.5 Å². The number of nitrogens with zero attached hydrogens (tertiary/aromatic N) is 1. The van der Waals surface area contributed by atoms with Gasteiger partial charge in [0.2, 0.25) is 0 Å². The van der Waals surface area contributed by atoms with E-state index in [0.29, 0.717) is 12.1 Å². The van der Waals surface area contributed by atoms with Crippen molar-refractivity contribution in [2.24, 2.45) is 0 Å². The number of urea groups is 1. The Morgan fingerprint density at radius 2 is 1.89 bits per heavy atom. The van der Waals surface area contributed by atoms with E-state index in [1.165, 1.54) is 25.7 Å². The first-order valence-corrected chi connectivity index (χ1v) is 7.88. The van der Waals surface area contributed by atoms with Crippen LogP contribution in [-0.4, -0.2) is 43.2 Å². The molecule has 0 aliphatic heterocycles. The monoisotopic (exact) mass is 269 g/mol. The van der Waals surface area contributed by atoms with Gasteiger partial charge < -0.3 is 15.5 Å². The van der Waals surface area contributed by atoms with Crippen LogP contribution in [0.15, 0.2) is 0 Å². The summed E-state index contributed by atoms with van der Waals surface area (Å²) in [4.78, 5) is 14.1. The average Bonchev–Trinajstić information content (AvgIpc) is 2.66. The van der Waals surface area contributed by atoms with Crippen LogP contribution >= 0.6 is 0 Å². The number of hydrogen-bond acceptors (Lipinski definition) is 2. The van der Waals surface area contributed by atoms with Gasteiger partial charge in [0, 0.05) is 25.2 Å². The van der Waals surface area contributed by atoms with E-state index in [9.17, 15) is 4.79 Å². The lowest BCUT2D eigenvalue weighted by atomic mass is 10.1. The molecular formula is C15H31N3O. The quantitative estimate of drug-likeness (QED) is 0.728. The maximum atomic E-state index is 11.8. The van der Waals surface area contributed by atoms with E-state index in [1.807, 2.05) is 0 Å². The molecule has 19 heavy (non-hydrogen) atoms. The Hall–Kier alpha value is -0.770. The summed E-state index contributed by atoms with van der Waals surface area (Å²) in [5.41, 5.74) is 0. The molecule has 1 aliphatic carbocycles. The fourth-order valence-electron chi connectivity index (χ4n) is 2.54. The Morgan fingerprint density at radius 3 is 2.47 bits per heavy atom. The van der Waals surface area contributed by atoms with Gasteiger partial charge in [-0.15, -0.1) is 0 Å². The van der Waals surface area contributed by atoms with Gasteiger partial charge in [-0.3, -0.25) is 0 Å². The van der Waals surface area contributed by atoms with Gasteiger partial charge in [0.25, 0.3) is 0 Å². The summed E-state index contributed by atoms with van der Waals surface area (Å²) in [5.74, 6) is 0. The summed E-state index contributed by atoms with van der Waals surface area (Å²) in [7, 11) is 2.11. The first kappa shape index (κ1) is 16.3. The molecule has 0 bridgehead atoms. The van der Waals surface area contributed by atoms with Crippen LogP contribution in [0.3, 0.4) is 0 Å². The van der Waals surface area contributed by atoms with Crippen molar-refractivity contribution in [3.63, 3.8) is 0 Å². The zero-order valence-corrected chi connectivity index (χ0v) is 12.9. The molecule has 1 fully saturated rings. The van der Waals surface area contributed by atoms with Crippen LogP contribution in [0.5, 0.6) is 0 Å². The first-order chi connectivity index (χ1) is 9.13. The summed E-state index contributed by atoms with van der Waals surface area (Å²) >= 11 is 0. The largest absolute Gasteiger partial charge is 0.337 e. The number of rotatable bonds is 6. The van der Waals surface area contributed by atoms with Crippen LogP contribution in [0.25, 0.3) is 0 Å². The predicted octanol–water partition coefficient (Wildman–Crippen LogP) is 2.74. The minimum Gasteiger partial charge on any atom is -0.337 e. The summed E-state index contributed by atoms with van der Waals surface area (Å²) in [6, 6.07) is 0.964. The number of nitrogens with one attached hydrogen (secondary N) is 2. The van der Waals surface area contributed by atoms with Crippen molar-refractivity contribution in [1.29, 1.82) is 0 Å². The highest BCUT2D eigenvalue weighted by Gasteiger charge is 2.14. The van der Waals surface area contributed by atoms with Crippen molar-refractivity contribution < 1.29 is 4.79 Å². The molecule has 1 aliphatic rings. The van der Waals surface area contributed by atoms with Gasteiger partial charge in [0.1, 0.15) is 0 Å². The Kier molecular flexibility index (Phi) is 7.87. The zero-order valence-electron chi connectivity index (χ0n) is 12.9. The maximum absolute atomic E-state index is 11.8. The van der Waals surface area contributed by atoms with Crippen LogP contribution in [0.4, 0.5) is 4.79 Å². The van der Waals surface area contributed by atoms with Gasteiger partial charge in [-0.25, -0.2) is 4.79 Å². The van der Waals surface area contributed by atoms with Crippen LogP contribution in [0.1, 0.15) is 58.8 Å². The van der Waals surface area contributed by atoms with Gasteiger partial charge in [0.05, 0.1) is 0 Å². The van der Waals surface area contributed by atoms with E-state index in [4.69, 9.17) is 0 Å². The van der Waals surface area contributed by atoms with Crippen molar-refractivity contribution in [3.05, 3.63) is 0 Å². The van der Waals surface area contributed by atoms with Crippen LogP contribution in [0, 0.1) is 0 Å². The SMILES string of the molecule is CCC(C)N(C)CCNC(=O)NC1CCCCCC1. The van der Waals surface area contributed by atoms with Crippen molar-refractivity contribution >= 4 is 6.03 Å². The molecule has 0 radical (unpaired) electrons. The van der Waals surface area contributed by atoms with Crippen molar-refractivity contribution in [3.8, 4) is 0 Å². The molecule has 1 atom stereocenters. The third kappa shape index (κ3) is 6.81. The Morgan fingerprint density at radius 1 is 1.26 bits per heavy atom. The highest BCUT2D eigenvalue weighted by atomic mass is 16.2. The number of hydrogen-bond donors (Lipinski definition) is 2. The second-order valence-electron chi connectivity index (χ2n) is 5.83. The molecule has 0 spiro atoms. The van der Waals surface area contributed by atoms with Gasteiger partial charge in [0.15, 0.2) is 0 Å². The fourth-order valence-corrected chi connectivity index (χ4v) is 2.54. The highest BCUT2D eigenvalue weighted by molar-refractivity contribution is 5.74. The number of carbonyl (C=O) groups is 1. The summed E-state index contributed by atoms with van der Waals surface area (Å²) in [6.07, 6.45) is 8.56. The molecule has 0 aromatic rings. The van der Waals surface area contributed by atoms with Crippen molar-refractivity contribution in [2.75, 3.05) is 20.1 Å². The molecule has 0 aromatic carbocycles. The molecule has 1 saturated carbocycles. The molecule has 112 valence electrons. The number of amides is 2. The molecular weight excluding hydrogens is 238 g/mol. The third-order valence-corrected chi connectivity index (χ3v) is 4.28. The second kappa shape index (κ2) is 9.18. The standard InChI is InChI=1S/C15H31N3O/c1-4-13(2)18(3)12-11-16-15(19)17-14-9-7-5-6-8-10-14/h13-14H,4-12H2,1-3H3,(H2,16,17,19). The molecule has 2 N–H and O–H groups in total. The highest BCUT2D eigenvalue weighted by Crippen LogP contribution is 2.16. The normalized spacial score (nSPS) is 18.9. The molecule has 1 rings (SSSR count). The van der Waals surface area contributed by atoms with E-state index in [1.54, 1.807) is 0 Å². The van der Waals surface area contributed by atoms with Gasteiger partial charge >= 0.3 is 6.03 Å². The molecule has 2 amide bonds. The first-order valence-electron chi connectivity index (χ1n) is 7.88. The van der Waals surface area contributed by atoms with Crippen molar-refractivity contribution in [2.45, 2.75) is 70.9 Å². The second-order valence-corrected chi connectivity index (χ2v) is 5.83. The number of carbonyl (C=O) groups excluding carboxylic acids is 1. The lowest BCUT2D eigenvalue weighted by Gasteiger charge is -2.24.